The molecule has 10 heteroatoms. The maximum absolute atomic E-state index is 13.5. The minimum atomic E-state index is -1.58. The lowest BCUT2D eigenvalue weighted by molar-refractivity contribution is -0.151. The molecule has 2 aliphatic carbocycles. The molecule has 1 unspecified atom stereocenters. The van der Waals surface area contributed by atoms with E-state index in [0.29, 0.717) is 6.54 Å². The van der Waals surface area contributed by atoms with Crippen LogP contribution in [0.4, 0.5) is 4.79 Å². The molecule has 184 valence electrons. The highest BCUT2D eigenvalue weighted by atomic mass is 16.6. The molecule has 0 aromatic rings. The van der Waals surface area contributed by atoms with E-state index < -0.39 is 52.9 Å². The first kappa shape index (κ1) is 25.0. The van der Waals surface area contributed by atoms with Gasteiger partial charge in [0.2, 0.25) is 11.8 Å². The van der Waals surface area contributed by atoms with Crippen molar-refractivity contribution in [1.82, 2.24) is 15.5 Å². The van der Waals surface area contributed by atoms with Gasteiger partial charge in [0.05, 0.1) is 0 Å². The van der Waals surface area contributed by atoms with E-state index in [2.05, 4.69) is 10.6 Å². The number of aliphatic carboxylic acids is 1. The summed E-state index contributed by atoms with van der Waals surface area (Å²) >= 11 is 0. The molecule has 3 aliphatic rings. The van der Waals surface area contributed by atoms with E-state index in [0.717, 1.165) is 0 Å². The van der Waals surface area contributed by atoms with E-state index in [1.807, 2.05) is 13.8 Å². The largest absolute Gasteiger partial charge is 0.475 e. The normalized spacial score (nSPS) is 27.3. The highest BCUT2D eigenvalue weighted by Gasteiger charge is 2.70. The first-order chi connectivity index (χ1) is 15.0. The van der Waals surface area contributed by atoms with E-state index in [4.69, 9.17) is 9.84 Å². The Labute approximate surface area is 193 Å². The molecule has 10 nitrogen and oxygen atoms in total. The fourth-order valence-corrected chi connectivity index (χ4v) is 4.99. The Morgan fingerprint density at radius 1 is 1.09 bits per heavy atom. The molecule has 33 heavy (non-hydrogen) atoms. The number of carbonyl (C=O) groups is 5. The summed E-state index contributed by atoms with van der Waals surface area (Å²) < 4.78 is 5.30. The van der Waals surface area contributed by atoms with Gasteiger partial charge in [-0.15, -0.1) is 0 Å². The number of fused-ring (bicyclic) bond motifs is 1. The van der Waals surface area contributed by atoms with Gasteiger partial charge in [-0.1, -0.05) is 27.7 Å². The van der Waals surface area contributed by atoms with E-state index in [-0.39, 0.29) is 36.0 Å². The third-order valence-corrected chi connectivity index (χ3v) is 7.11. The predicted octanol–water partition coefficient (Wildman–Crippen LogP) is 1.32. The Hall–Kier alpha value is -2.65. The van der Waals surface area contributed by atoms with Gasteiger partial charge in [0.15, 0.2) is 0 Å². The molecule has 3 fully saturated rings. The molecule has 0 radical (unpaired) electrons. The smallest absolute Gasteiger partial charge is 0.408 e. The minimum absolute atomic E-state index is 0.105. The average Bonchev–Trinajstić information content (AvgIpc) is 3.47. The van der Waals surface area contributed by atoms with Crippen LogP contribution in [0.15, 0.2) is 0 Å². The maximum atomic E-state index is 13.5. The van der Waals surface area contributed by atoms with Crippen LogP contribution in [-0.2, 0) is 23.9 Å². The van der Waals surface area contributed by atoms with Crippen molar-refractivity contribution in [2.24, 2.45) is 23.2 Å². The number of nitrogens with zero attached hydrogens (tertiary/aromatic N) is 1. The van der Waals surface area contributed by atoms with Crippen molar-refractivity contribution in [2.45, 2.75) is 84.5 Å². The van der Waals surface area contributed by atoms with Crippen molar-refractivity contribution >= 4 is 29.7 Å². The summed E-state index contributed by atoms with van der Waals surface area (Å²) in [5.74, 6) is -3.80. The zero-order chi connectivity index (χ0) is 25.1. The maximum Gasteiger partial charge on any atom is 0.408 e. The van der Waals surface area contributed by atoms with Gasteiger partial charge in [-0.3, -0.25) is 14.4 Å². The number of ketones is 1. The summed E-state index contributed by atoms with van der Waals surface area (Å²) in [6.07, 6.45) is -0.197. The van der Waals surface area contributed by atoms with Crippen LogP contribution in [0.5, 0.6) is 0 Å². The Morgan fingerprint density at radius 2 is 1.67 bits per heavy atom. The number of alkyl carbamates (subject to hydrolysis) is 1. The summed E-state index contributed by atoms with van der Waals surface area (Å²) in [7, 11) is 0. The quantitative estimate of drug-likeness (QED) is 0.481. The second-order valence-corrected chi connectivity index (χ2v) is 11.5. The number of rotatable bonds is 7. The first-order valence-corrected chi connectivity index (χ1v) is 11.4. The lowest BCUT2D eigenvalue weighted by Gasteiger charge is -2.35. The Kier molecular flexibility index (Phi) is 6.05. The van der Waals surface area contributed by atoms with E-state index in [1.54, 1.807) is 34.6 Å². The van der Waals surface area contributed by atoms with Crippen LogP contribution in [-0.4, -0.2) is 69.4 Å². The lowest BCUT2D eigenvalue weighted by Crippen LogP contribution is -2.59. The molecule has 2 saturated carbocycles. The number of carbonyl (C=O) groups excluding carboxylic acids is 4. The molecule has 1 heterocycles. The summed E-state index contributed by atoms with van der Waals surface area (Å²) in [5.41, 5.74) is -2.27. The molecule has 3 amide bonds. The van der Waals surface area contributed by atoms with Gasteiger partial charge in [-0.05, 0) is 56.8 Å². The molecule has 1 aliphatic heterocycles. The lowest BCUT2D eigenvalue weighted by atomic mass is 9.97. The number of carboxylic acid groups (broad SMARTS) is 1. The molecule has 1 saturated heterocycles. The third kappa shape index (κ3) is 4.70. The fraction of sp³-hybridized carbons (Fsp3) is 0.783. The standard InChI is InChI=1S/C23H35N3O7/c1-11(2)14(24-20(32)33-21(3,4)5)18(29)26-10-12-13(22(12,6)7)15(26)17(28)25-23(8-9-23)16(27)19(30)31/h11-15H,8-10H2,1-7H3,(H,24,32)(H,25,28)(H,30,31)/t12?,13-,14-,15-/m0/s1. The van der Waals surface area contributed by atoms with Gasteiger partial charge in [-0.25, -0.2) is 9.59 Å². The van der Waals surface area contributed by atoms with Crippen LogP contribution >= 0.6 is 0 Å². The van der Waals surface area contributed by atoms with Crippen molar-refractivity contribution < 1.29 is 33.8 Å². The summed E-state index contributed by atoms with van der Waals surface area (Å²) in [6.45, 7) is 13.2. The highest BCUT2D eigenvalue weighted by Crippen LogP contribution is 2.65. The van der Waals surface area contributed by atoms with Gasteiger partial charge in [0.1, 0.15) is 23.2 Å². The van der Waals surface area contributed by atoms with Crippen LogP contribution in [0.25, 0.3) is 0 Å². The SMILES string of the molecule is CC(C)[C@H](NC(=O)OC(C)(C)C)C(=O)N1CC2[C@@H]([C@H]1C(=O)NC1(C(=O)C(=O)O)CC1)C2(C)C. The molecule has 0 spiro atoms. The van der Waals surface area contributed by atoms with Crippen LogP contribution in [0.2, 0.25) is 0 Å². The number of piperidine rings is 1. The molecule has 0 aromatic heterocycles. The van der Waals surface area contributed by atoms with Gasteiger partial charge in [0, 0.05) is 6.54 Å². The molecule has 3 N–H and O–H groups in total. The Morgan fingerprint density at radius 3 is 2.12 bits per heavy atom. The molecular weight excluding hydrogens is 430 g/mol. The third-order valence-electron chi connectivity index (χ3n) is 7.11. The van der Waals surface area contributed by atoms with Crippen molar-refractivity contribution in [2.75, 3.05) is 6.54 Å². The molecule has 0 aromatic carbocycles. The number of hydrogen-bond donors (Lipinski definition) is 3. The minimum Gasteiger partial charge on any atom is -0.475 e. The topological polar surface area (TPSA) is 142 Å². The van der Waals surface area contributed by atoms with Gasteiger partial charge in [0.25, 0.3) is 5.78 Å². The van der Waals surface area contributed by atoms with Crippen molar-refractivity contribution in [3.63, 3.8) is 0 Å². The van der Waals surface area contributed by atoms with Crippen LogP contribution in [0.1, 0.15) is 61.3 Å². The van der Waals surface area contributed by atoms with Crippen molar-refractivity contribution in [1.29, 1.82) is 0 Å². The summed E-state index contributed by atoms with van der Waals surface area (Å²) in [4.78, 5) is 63.9. The second-order valence-electron chi connectivity index (χ2n) is 11.5. The van der Waals surface area contributed by atoms with E-state index >= 15 is 0 Å². The van der Waals surface area contributed by atoms with Gasteiger partial charge < -0.3 is 25.4 Å². The number of ether oxygens (including phenoxy) is 1. The molecular formula is C23H35N3O7. The summed E-state index contributed by atoms with van der Waals surface area (Å²) in [6, 6.07) is -1.73. The molecule has 4 atom stereocenters. The fourth-order valence-electron chi connectivity index (χ4n) is 4.99. The predicted molar refractivity (Wildman–Crippen MR) is 117 cm³/mol. The zero-order valence-corrected chi connectivity index (χ0v) is 20.4. The van der Waals surface area contributed by atoms with Gasteiger partial charge in [-0.2, -0.15) is 0 Å². The number of amides is 3. The van der Waals surface area contributed by atoms with Crippen LogP contribution < -0.4 is 10.6 Å². The van der Waals surface area contributed by atoms with E-state index in [9.17, 15) is 24.0 Å². The monoisotopic (exact) mass is 465 g/mol. The number of likely N-dealkylation sites (tertiary alicyclic amines) is 1. The zero-order valence-electron chi connectivity index (χ0n) is 20.4. The Bertz CT molecular complexity index is 885. The Balaban J connectivity index is 1.80. The van der Waals surface area contributed by atoms with Crippen LogP contribution in [0, 0.1) is 23.2 Å². The number of carboxylic acids is 1. The number of hydrogen-bond acceptors (Lipinski definition) is 6. The summed E-state index contributed by atoms with van der Waals surface area (Å²) in [5, 5.41) is 14.4. The van der Waals surface area contributed by atoms with E-state index in [1.165, 1.54) is 4.90 Å². The van der Waals surface area contributed by atoms with Crippen molar-refractivity contribution in [3.8, 4) is 0 Å². The highest BCUT2D eigenvalue weighted by molar-refractivity contribution is 6.37. The molecule has 0 bridgehead atoms. The second kappa shape index (κ2) is 7.99. The van der Waals surface area contributed by atoms with Gasteiger partial charge >= 0.3 is 12.1 Å². The first-order valence-electron chi connectivity index (χ1n) is 11.4. The average molecular weight is 466 g/mol. The molecule has 3 rings (SSSR count). The number of nitrogens with one attached hydrogen (secondary N) is 2. The number of Topliss-reactive ketones (excluding diaryl/α,β-unsaturated/α-hetero) is 1. The van der Waals surface area contributed by atoms with Crippen molar-refractivity contribution in [3.05, 3.63) is 0 Å². The van der Waals surface area contributed by atoms with Crippen LogP contribution in [0.3, 0.4) is 0 Å².